The third-order valence-electron chi connectivity index (χ3n) is 5.67. The number of carbonyl (C=O) groups is 2. The standard InChI is InChI=1S/C28H28N4O4/c1-19(22-10-6-11-23(18-22)30-28(34)21-8-4-3-5-9-21)29-25(33)12-7-13-26-31-27(32-36-26)20-14-16-24(35-2)17-15-20/h3-6,8-11,14-19H,7,12-13H2,1-2H3,(H,29,33)(H,30,34). The van der Waals surface area contributed by atoms with E-state index in [1.54, 1.807) is 19.2 Å². The molecule has 8 nitrogen and oxygen atoms in total. The first-order chi connectivity index (χ1) is 17.5. The SMILES string of the molecule is COc1ccc(-c2noc(CCCC(=O)NC(C)c3cccc(NC(=O)c4ccccc4)c3)n2)cc1. The number of hydrogen-bond donors (Lipinski definition) is 2. The van der Waals surface area contributed by atoms with Crippen LogP contribution in [0.15, 0.2) is 83.4 Å². The highest BCUT2D eigenvalue weighted by Crippen LogP contribution is 2.21. The smallest absolute Gasteiger partial charge is 0.255 e. The van der Waals surface area contributed by atoms with Gasteiger partial charge in [-0.05, 0) is 67.4 Å². The van der Waals surface area contributed by atoms with E-state index in [2.05, 4.69) is 20.8 Å². The first-order valence-electron chi connectivity index (χ1n) is 11.7. The Bertz CT molecular complexity index is 1300. The molecular weight excluding hydrogens is 456 g/mol. The van der Waals surface area contributed by atoms with Crippen molar-refractivity contribution in [2.75, 3.05) is 12.4 Å². The molecule has 4 aromatic rings. The lowest BCUT2D eigenvalue weighted by Crippen LogP contribution is -2.26. The van der Waals surface area contributed by atoms with E-state index in [1.807, 2.05) is 73.7 Å². The molecule has 4 rings (SSSR count). The van der Waals surface area contributed by atoms with Crippen molar-refractivity contribution in [3.8, 4) is 17.1 Å². The van der Waals surface area contributed by atoms with Crippen LogP contribution in [-0.2, 0) is 11.2 Å². The van der Waals surface area contributed by atoms with Gasteiger partial charge in [0.1, 0.15) is 5.75 Å². The molecule has 0 saturated carbocycles. The molecule has 0 bridgehead atoms. The molecule has 0 fully saturated rings. The van der Waals surface area contributed by atoms with Crippen LogP contribution < -0.4 is 15.4 Å². The Kier molecular flexibility index (Phi) is 8.08. The molecule has 0 radical (unpaired) electrons. The van der Waals surface area contributed by atoms with Gasteiger partial charge < -0.3 is 19.9 Å². The molecule has 2 N–H and O–H groups in total. The van der Waals surface area contributed by atoms with Crippen molar-refractivity contribution in [3.63, 3.8) is 0 Å². The third-order valence-corrected chi connectivity index (χ3v) is 5.67. The van der Waals surface area contributed by atoms with Gasteiger partial charge in [0.15, 0.2) is 0 Å². The molecule has 1 heterocycles. The number of aryl methyl sites for hydroxylation is 1. The summed E-state index contributed by atoms with van der Waals surface area (Å²) in [5, 5.41) is 9.92. The lowest BCUT2D eigenvalue weighted by Gasteiger charge is -2.15. The van der Waals surface area contributed by atoms with Gasteiger partial charge in [-0.15, -0.1) is 0 Å². The summed E-state index contributed by atoms with van der Waals surface area (Å²) in [6.07, 6.45) is 1.41. The Morgan fingerprint density at radius 1 is 1.00 bits per heavy atom. The summed E-state index contributed by atoms with van der Waals surface area (Å²) in [6, 6.07) is 23.7. The second-order valence-corrected chi connectivity index (χ2v) is 8.33. The van der Waals surface area contributed by atoms with E-state index in [-0.39, 0.29) is 17.9 Å². The molecule has 0 spiro atoms. The number of amides is 2. The van der Waals surface area contributed by atoms with Crippen LogP contribution in [0.3, 0.4) is 0 Å². The topological polar surface area (TPSA) is 106 Å². The number of ether oxygens (including phenoxy) is 1. The zero-order valence-electron chi connectivity index (χ0n) is 20.2. The van der Waals surface area contributed by atoms with E-state index in [4.69, 9.17) is 9.26 Å². The van der Waals surface area contributed by atoms with E-state index < -0.39 is 0 Å². The molecule has 0 aliphatic carbocycles. The molecule has 0 aliphatic rings. The minimum atomic E-state index is -0.212. The van der Waals surface area contributed by atoms with Gasteiger partial charge in [0, 0.05) is 29.7 Å². The summed E-state index contributed by atoms with van der Waals surface area (Å²) < 4.78 is 10.5. The summed E-state index contributed by atoms with van der Waals surface area (Å²) in [6.45, 7) is 1.91. The van der Waals surface area contributed by atoms with Crippen molar-refractivity contribution in [1.82, 2.24) is 15.5 Å². The molecule has 184 valence electrons. The number of carbonyl (C=O) groups excluding carboxylic acids is 2. The summed E-state index contributed by atoms with van der Waals surface area (Å²) in [7, 11) is 1.61. The van der Waals surface area contributed by atoms with Crippen molar-refractivity contribution in [2.24, 2.45) is 0 Å². The van der Waals surface area contributed by atoms with Crippen molar-refractivity contribution >= 4 is 17.5 Å². The molecule has 36 heavy (non-hydrogen) atoms. The highest BCUT2D eigenvalue weighted by atomic mass is 16.5. The Morgan fingerprint density at radius 3 is 2.53 bits per heavy atom. The number of nitrogens with one attached hydrogen (secondary N) is 2. The molecule has 8 heteroatoms. The maximum atomic E-state index is 12.5. The highest BCUT2D eigenvalue weighted by molar-refractivity contribution is 6.04. The van der Waals surface area contributed by atoms with E-state index in [9.17, 15) is 9.59 Å². The minimum Gasteiger partial charge on any atom is -0.497 e. The van der Waals surface area contributed by atoms with Gasteiger partial charge in [-0.3, -0.25) is 9.59 Å². The molecule has 1 atom stereocenters. The van der Waals surface area contributed by atoms with Crippen molar-refractivity contribution in [3.05, 3.63) is 95.9 Å². The van der Waals surface area contributed by atoms with Gasteiger partial charge in [0.2, 0.25) is 17.6 Å². The number of nitrogens with zero attached hydrogens (tertiary/aromatic N) is 2. The monoisotopic (exact) mass is 484 g/mol. The van der Waals surface area contributed by atoms with E-state index >= 15 is 0 Å². The number of hydrogen-bond acceptors (Lipinski definition) is 6. The summed E-state index contributed by atoms with van der Waals surface area (Å²) >= 11 is 0. The van der Waals surface area contributed by atoms with E-state index in [0.29, 0.717) is 42.2 Å². The van der Waals surface area contributed by atoms with Crippen LogP contribution in [0.25, 0.3) is 11.4 Å². The van der Waals surface area contributed by atoms with Crippen LogP contribution in [0.5, 0.6) is 5.75 Å². The van der Waals surface area contributed by atoms with Crippen molar-refractivity contribution < 1.29 is 18.8 Å². The molecule has 1 aromatic heterocycles. The number of anilines is 1. The average Bonchev–Trinajstić information content (AvgIpc) is 3.38. The third kappa shape index (κ3) is 6.56. The number of aromatic nitrogens is 2. The number of methoxy groups -OCH3 is 1. The largest absolute Gasteiger partial charge is 0.497 e. The van der Waals surface area contributed by atoms with Crippen molar-refractivity contribution in [1.29, 1.82) is 0 Å². The van der Waals surface area contributed by atoms with Crippen LogP contribution in [0, 0.1) is 0 Å². The second-order valence-electron chi connectivity index (χ2n) is 8.33. The predicted octanol–water partition coefficient (Wildman–Crippen LogP) is 5.20. The molecular formula is C28H28N4O4. The minimum absolute atomic E-state index is 0.0730. The quantitative estimate of drug-likeness (QED) is 0.321. The van der Waals surface area contributed by atoms with Gasteiger partial charge >= 0.3 is 0 Å². The lowest BCUT2D eigenvalue weighted by molar-refractivity contribution is -0.121. The van der Waals surface area contributed by atoms with Crippen LogP contribution in [-0.4, -0.2) is 29.1 Å². The van der Waals surface area contributed by atoms with Crippen molar-refractivity contribution in [2.45, 2.75) is 32.2 Å². The van der Waals surface area contributed by atoms with Gasteiger partial charge in [0.05, 0.1) is 13.2 Å². The summed E-state index contributed by atoms with van der Waals surface area (Å²) in [5.74, 6) is 1.50. The molecule has 0 saturated heterocycles. The molecule has 2 amide bonds. The predicted molar refractivity (Wildman–Crippen MR) is 137 cm³/mol. The lowest BCUT2D eigenvalue weighted by atomic mass is 10.1. The van der Waals surface area contributed by atoms with E-state index in [1.165, 1.54) is 0 Å². The summed E-state index contributed by atoms with van der Waals surface area (Å²) in [4.78, 5) is 29.3. The van der Waals surface area contributed by atoms with Crippen LogP contribution >= 0.6 is 0 Å². The molecule has 1 unspecified atom stereocenters. The maximum Gasteiger partial charge on any atom is 0.255 e. The average molecular weight is 485 g/mol. The van der Waals surface area contributed by atoms with Gasteiger partial charge in [-0.1, -0.05) is 35.5 Å². The molecule has 0 aliphatic heterocycles. The fourth-order valence-corrected chi connectivity index (χ4v) is 3.69. The number of benzene rings is 3. The maximum absolute atomic E-state index is 12.5. The second kappa shape index (κ2) is 11.8. The summed E-state index contributed by atoms with van der Waals surface area (Å²) in [5.41, 5.74) is 2.99. The Hall–Kier alpha value is -4.46. The van der Waals surface area contributed by atoms with Gasteiger partial charge in [-0.25, -0.2) is 0 Å². The first kappa shape index (κ1) is 24.7. The van der Waals surface area contributed by atoms with Crippen LogP contribution in [0.1, 0.15) is 47.6 Å². The fraction of sp³-hybridized carbons (Fsp3) is 0.214. The zero-order chi connectivity index (χ0) is 25.3. The number of rotatable bonds is 10. The Labute approximate surface area is 209 Å². The van der Waals surface area contributed by atoms with Gasteiger partial charge in [0.25, 0.3) is 5.91 Å². The fourth-order valence-electron chi connectivity index (χ4n) is 3.69. The van der Waals surface area contributed by atoms with Crippen LogP contribution in [0.2, 0.25) is 0 Å². The Morgan fingerprint density at radius 2 is 1.78 bits per heavy atom. The van der Waals surface area contributed by atoms with E-state index in [0.717, 1.165) is 16.9 Å². The molecule has 3 aromatic carbocycles. The van der Waals surface area contributed by atoms with Crippen LogP contribution in [0.4, 0.5) is 5.69 Å². The highest BCUT2D eigenvalue weighted by Gasteiger charge is 2.13. The normalized spacial score (nSPS) is 11.5. The first-order valence-corrected chi connectivity index (χ1v) is 11.7. The zero-order valence-corrected chi connectivity index (χ0v) is 20.2. The Balaban J connectivity index is 1.25. The van der Waals surface area contributed by atoms with Gasteiger partial charge in [-0.2, -0.15) is 4.98 Å².